The van der Waals surface area contributed by atoms with E-state index in [9.17, 15) is 13.2 Å². The Bertz CT molecular complexity index is 679. The zero-order chi connectivity index (χ0) is 17.3. The molecule has 128 valence electrons. The number of hydrogen-bond acceptors (Lipinski definition) is 4. The highest BCUT2D eigenvalue weighted by molar-refractivity contribution is 7.92. The normalized spacial score (nSPS) is 17.1. The van der Waals surface area contributed by atoms with Crippen LogP contribution in [0.25, 0.3) is 0 Å². The molecule has 23 heavy (non-hydrogen) atoms. The third-order valence-corrected chi connectivity index (χ3v) is 6.64. The second-order valence-corrected chi connectivity index (χ2v) is 9.29. The summed E-state index contributed by atoms with van der Waals surface area (Å²) in [5, 5.41) is 0.559. The van der Waals surface area contributed by atoms with Crippen LogP contribution in [0.4, 0.5) is 0 Å². The van der Waals surface area contributed by atoms with E-state index in [0.717, 1.165) is 6.26 Å². The van der Waals surface area contributed by atoms with Crippen molar-refractivity contribution in [3.63, 3.8) is 0 Å². The summed E-state index contributed by atoms with van der Waals surface area (Å²) < 4.78 is 28.1. The lowest BCUT2D eigenvalue weighted by Crippen LogP contribution is -2.52. The van der Waals surface area contributed by atoms with Gasteiger partial charge in [0, 0.05) is 32.2 Å². The molecule has 1 saturated heterocycles. The van der Waals surface area contributed by atoms with Gasteiger partial charge in [-0.1, -0.05) is 23.7 Å². The number of carbonyl (C=O) groups excluding carboxylic acids is 1. The SMILES string of the molecule is CC(C)(C(=O)N1CCC(Oc2ccccc2Cl)CC1)S(C)(=O)=O. The van der Waals surface area contributed by atoms with E-state index in [1.807, 2.05) is 18.2 Å². The fraction of sp³-hybridized carbons (Fsp3) is 0.562. The van der Waals surface area contributed by atoms with Crippen molar-refractivity contribution < 1.29 is 17.9 Å². The molecule has 0 radical (unpaired) electrons. The minimum absolute atomic E-state index is 0.0275. The van der Waals surface area contributed by atoms with E-state index in [-0.39, 0.29) is 12.0 Å². The molecule has 0 bridgehead atoms. The second-order valence-electron chi connectivity index (χ2n) is 6.32. The molecule has 0 aliphatic carbocycles. The van der Waals surface area contributed by atoms with Gasteiger partial charge in [0.25, 0.3) is 0 Å². The van der Waals surface area contributed by atoms with Gasteiger partial charge in [0.2, 0.25) is 5.91 Å². The number of benzene rings is 1. The van der Waals surface area contributed by atoms with Crippen molar-refractivity contribution in [2.24, 2.45) is 0 Å². The molecule has 1 aromatic rings. The van der Waals surface area contributed by atoms with Crippen molar-refractivity contribution in [1.82, 2.24) is 4.90 Å². The van der Waals surface area contributed by atoms with Crippen molar-refractivity contribution in [3.8, 4) is 5.75 Å². The summed E-state index contributed by atoms with van der Waals surface area (Å²) in [5.41, 5.74) is 0. The number of sulfone groups is 1. The Labute approximate surface area is 142 Å². The molecule has 0 aromatic heterocycles. The lowest BCUT2D eigenvalue weighted by Gasteiger charge is -2.36. The standard InChI is InChI=1S/C16H22ClNO4S/c1-16(2,23(3,20)21)15(19)18-10-8-12(9-11-18)22-14-7-5-4-6-13(14)17/h4-7,12H,8-11H2,1-3H3. The van der Waals surface area contributed by atoms with E-state index in [4.69, 9.17) is 16.3 Å². The van der Waals surface area contributed by atoms with Crippen molar-refractivity contribution in [3.05, 3.63) is 29.3 Å². The molecular formula is C16H22ClNO4S. The van der Waals surface area contributed by atoms with Crippen LogP contribution in [0.2, 0.25) is 5.02 Å². The molecule has 0 unspecified atom stereocenters. The molecule has 0 atom stereocenters. The highest BCUT2D eigenvalue weighted by Crippen LogP contribution is 2.28. The van der Waals surface area contributed by atoms with Crippen molar-refractivity contribution in [1.29, 1.82) is 0 Å². The first kappa shape index (κ1) is 18.1. The first-order chi connectivity index (χ1) is 10.6. The Balaban J connectivity index is 1.96. The fourth-order valence-corrected chi connectivity index (χ4v) is 3.06. The number of nitrogens with zero attached hydrogens (tertiary/aromatic N) is 1. The van der Waals surface area contributed by atoms with E-state index >= 15 is 0 Å². The van der Waals surface area contributed by atoms with Gasteiger partial charge < -0.3 is 9.64 Å². The lowest BCUT2D eigenvalue weighted by molar-refractivity contribution is -0.134. The Kier molecular flexibility index (Phi) is 5.26. The number of ether oxygens (including phenoxy) is 1. The average Bonchev–Trinajstić information content (AvgIpc) is 2.48. The first-order valence-electron chi connectivity index (χ1n) is 7.53. The Morgan fingerprint density at radius 2 is 1.83 bits per heavy atom. The molecular weight excluding hydrogens is 338 g/mol. The molecule has 0 saturated carbocycles. The number of halogens is 1. The smallest absolute Gasteiger partial charge is 0.243 e. The van der Waals surface area contributed by atoms with Crippen LogP contribution in [0.3, 0.4) is 0 Å². The van der Waals surface area contributed by atoms with E-state index in [1.54, 1.807) is 11.0 Å². The van der Waals surface area contributed by atoms with Crippen LogP contribution in [0, 0.1) is 0 Å². The van der Waals surface area contributed by atoms with E-state index in [0.29, 0.717) is 36.7 Å². The number of likely N-dealkylation sites (tertiary alicyclic amines) is 1. The van der Waals surface area contributed by atoms with E-state index in [1.165, 1.54) is 13.8 Å². The van der Waals surface area contributed by atoms with Gasteiger partial charge in [-0.3, -0.25) is 4.79 Å². The third kappa shape index (κ3) is 3.98. The zero-order valence-corrected chi connectivity index (χ0v) is 15.2. The minimum atomic E-state index is -3.46. The summed E-state index contributed by atoms with van der Waals surface area (Å²) in [6.07, 6.45) is 2.37. The topological polar surface area (TPSA) is 63.7 Å². The van der Waals surface area contributed by atoms with Crippen LogP contribution >= 0.6 is 11.6 Å². The van der Waals surface area contributed by atoms with Crippen LogP contribution < -0.4 is 4.74 Å². The van der Waals surface area contributed by atoms with Crippen molar-refractivity contribution in [2.45, 2.75) is 37.5 Å². The van der Waals surface area contributed by atoms with Crippen molar-refractivity contribution in [2.75, 3.05) is 19.3 Å². The summed E-state index contributed by atoms with van der Waals surface area (Å²) >= 11 is 6.08. The lowest BCUT2D eigenvalue weighted by atomic mass is 10.0. The number of carbonyl (C=O) groups is 1. The molecule has 1 heterocycles. The van der Waals surface area contributed by atoms with Gasteiger partial charge in [-0.25, -0.2) is 8.42 Å². The van der Waals surface area contributed by atoms with Gasteiger partial charge in [-0.15, -0.1) is 0 Å². The summed E-state index contributed by atoms with van der Waals surface area (Å²) in [7, 11) is -3.46. The van der Waals surface area contributed by atoms with Gasteiger partial charge in [-0.05, 0) is 26.0 Å². The average molecular weight is 360 g/mol. The number of piperidine rings is 1. The summed E-state index contributed by atoms with van der Waals surface area (Å²) in [5.74, 6) is 0.284. The zero-order valence-electron chi connectivity index (χ0n) is 13.6. The quantitative estimate of drug-likeness (QED) is 0.828. The fourth-order valence-electron chi connectivity index (χ4n) is 2.44. The summed E-state index contributed by atoms with van der Waals surface area (Å²) in [6.45, 7) is 3.87. The number of hydrogen-bond donors (Lipinski definition) is 0. The highest BCUT2D eigenvalue weighted by Gasteiger charge is 2.42. The Morgan fingerprint density at radius 1 is 1.26 bits per heavy atom. The Morgan fingerprint density at radius 3 is 2.35 bits per heavy atom. The first-order valence-corrected chi connectivity index (χ1v) is 9.80. The second kappa shape index (κ2) is 6.69. The van der Waals surface area contributed by atoms with Gasteiger partial charge in [-0.2, -0.15) is 0 Å². The van der Waals surface area contributed by atoms with Crippen molar-refractivity contribution >= 4 is 27.3 Å². The van der Waals surface area contributed by atoms with E-state index < -0.39 is 14.6 Å². The molecule has 1 aliphatic heterocycles. The van der Waals surface area contributed by atoms with Gasteiger partial charge in [0.1, 0.15) is 16.6 Å². The van der Waals surface area contributed by atoms with Crippen LogP contribution in [0.15, 0.2) is 24.3 Å². The molecule has 2 rings (SSSR count). The highest BCUT2D eigenvalue weighted by atomic mass is 35.5. The van der Waals surface area contributed by atoms with E-state index in [2.05, 4.69) is 0 Å². The summed E-state index contributed by atoms with van der Waals surface area (Å²) in [6, 6.07) is 7.27. The Hall–Kier alpha value is -1.27. The maximum atomic E-state index is 12.5. The predicted octanol–water partition coefficient (Wildman–Crippen LogP) is 2.53. The minimum Gasteiger partial charge on any atom is -0.489 e. The monoisotopic (exact) mass is 359 g/mol. The molecule has 1 fully saturated rings. The number of rotatable bonds is 4. The van der Waals surface area contributed by atoms with Crippen LogP contribution in [-0.2, 0) is 14.6 Å². The van der Waals surface area contributed by atoms with Gasteiger partial charge >= 0.3 is 0 Å². The molecule has 7 heteroatoms. The molecule has 5 nitrogen and oxygen atoms in total. The third-order valence-electron chi connectivity index (χ3n) is 4.30. The van der Waals surface area contributed by atoms with Crippen LogP contribution in [0.1, 0.15) is 26.7 Å². The molecule has 1 amide bonds. The van der Waals surface area contributed by atoms with Gasteiger partial charge in [0.15, 0.2) is 9.84 Å². The summed E-state index contributed by atoms with van der Waals surface area (Å²) in [4.78, 5) is 14.1. The van der Waals surface area contributed by atoms with Crippen LogP contribution in [-0.4, -0.2) is 49.4 Å². The maximum absolute atomic E-state index is 12.5. The van der Waals surface area contributed by atoms with Gasteiger partial charge in [0.05, 0.1) is 5.02 Å². The predicted molar refractivity (Wildman–Crippen MR) is 90.6 cm³/mol. The number of amides is 1. The molecule has 0 N–H and O–H groups in total. The largest absolute Gasteiger partial charge is 0.489 e. The molecule has 1 aromatic carbocycles. The molecule has 0 spiro atoms. The molecule has 1 aliphatic rings. The maximum Gasteiger partial charge on any atom is 0.243 e. The van der Waals surface area contributed by atoms with Crippen LogP contribution in [0.5, 0.6) is 5.75 Å². The number of para-hydroxylation sites is 1.